The summed E-state index contributed by atoms with van der Waals surface area (Å²) in [5, 5.41) is 44.0. The molecule has 1 fully saturated rings. The Morgan fingerprint density at radius 1 is 0.467 bits per heavy atom. The van der Waals surface area contributed by atoms with Gasteiger partial charge in [0.2, 0.25) is 23.6 Å². The number of carboxylic acid groups (broad SMARTS) is 4. The number of aliphatic carboxylic acids is 3. The molecule has 5 amide bonds. The molecule has 252 valence electrons. The van der Waals surface area contributed by atoms with Gasteiger partial charge in [-0.2, -0.15) is 0 Å². The first-order valence-electron chi connectivity index (χ1n) is 13.6. The summed E-state index contributed by atoms with van der Waals surface area (Å²) in [7, 11) is 0. The first kappa shape index (κ1) is 42.2. The molecule has 0 spiro atoms. The minimum Gasteiger partial charge on any atom is -0.480 e. The smallest absolute Gasteiger partial charge is 0.480 e. The van der Waals surface area contributed by atoms with Crippen LogP contribution in [-0.2, 0) is 33.6 Å². The van der Waals surface area contributed by atoms with E-state index in [2.05, 4.69) is 16.0 Å². The Morgan fingerprint density at radius 2 is 0.756 bits per heavy atom. The molecule has 0 radical (unpaired) electrons. The molecule has 21 heteroatoms. The van der Waals surface area contributed by atoms with Gasteiger partial charge in [0.25, 0.3) is 0 Å². The maximum Gasteiger partial charge on any atom is 3.00 e. The Kier molecular flexibility index (Phi) is 22.0. The molecule has 1 heterocycles. The van der Waals surface area contributed by atoms with Crippen molar-refractivity contribution in [1.82, 2.24) is 40.9 Å². The number of nitrogens with zero attached hydrogens (tertiary/aromatic N) is 4. The maximum atomic E-state index is 12.4. The van der Waals surface area contributed by atoms with Crippen LogP contribution in [0.3, 0.4) is 0 Å². The van der Waals surface area contributed by atoms with Crippen LogP contribution in [-0.4, -0.2) is 186 Å². The number of hydrogen-bond acceptors (Lipinski definition) is 12. The predicted octanol–water partition coefficient (Wildman–Crippen LogP) is -5.01. The van der Waals surface area contributed by atoms with Gasteiger partial charge in [-0.1, -0.05) is 0 Å². The van der Waals surface area contributed by atoms with Crippen LogP contribution in [0.25, 0.3) is 0 Å². The number of rotatable bonds is 15. The van der Waals surface area contributed by atoms with Crippen LogP contribution in [0.15, 0.2) is 0 Å². The quantitative estimate of drug-likeness (QED) is 0.0772. The Balaban J connectivity index is 0.0000194. The Bertz CT molecular complexity index is 1000. The van der Waals surface area contributed by atoms with E-state index in [1.54, 1.807) is 20.0 Å². The van der Waals surface area contributed by atoms with Gasteiger partial charge in [-0.15, -0.1) is 0 Å². The Hall–Kier alpha value is -2.82. The van der Waals surface area contributed by atoms with Crippen molar-refractivity contribution in [1.29, 1.82) is 0 Å². The van der Waals surface area contributed by atoms with Crippen LogP contribution in [0.1, 0.15) is 6.42 Å². The van der Waals surface area contributed by atoms with E-state index in [-0.39, 0.29) is 134 Å². The molecule has 1 rings (SSSR count). The third-order valence-corrected chi connectivity index (χ3v) is 6.24. The number of amides is 5. The van der Waals surface area contributed by atoms with E-state index in [4.69, 9.17) is 20.4 Å². The van der Waals surface area contributed by atoms with Crippen molar-refractivity contribution < 1.29 is 108 Å². The summed E-state index contributed by atoms with van der Waals surface area (Å²) < 4.78 is 0. The summed E-state index contributed by atoms with van der Waals surface area (Å²) in [4.78, 5) is 99.4. The van der Waals surface area contributed by atoms with Gasteiger partial charge < -0.3 is 41.3 Å². The Morgan fingerprint density at radius 3 is 1.02 bits per heavy atom. The second-order valence-corrected chi connectivity index (χ2v) is 9.78. The standard InChI is InChI=1S/C24H40N8O12.Eu/c33-17(28-24(43)44)1-2-29-3-5-30(14-18(34)25-11-21(37)38)7-9-32(16-20(36)27-13-23(41)42)10-8-31(6-4-29)15-19(35)26-12-22(39)40;/h1-16H2,(H,25,34)(H,26,35)(H,27,36)(H,28,33)(H,37,38)(H,39,40)(H,41,42)(H,43,44);/q;+3. The summed E-state index contributed by atoms with van der Waals surface area (Å²) in [6.45, 7) is -0.245. The van der Waals surface area contributed by atoms with E-state index in [1.165, 1.54) is 0 Å². The predicted molar refractivity (Wildman–Crippen MR) is 148 cm³/mol. The fourth-order valence-corrected chi connectivity index (χ4v) is 4.02. The zero-order valence-corrected chi connectivity index (χ0v) is 27.0. The van der Waals surface area contributed by atoms with Crippen molar-refractivity contribution >= 4 is 47.6 Å². The second-order valence-electron chi connectivity index (χ2n) is 9.78. The van der Waals surface area contributed by atoms with Gasteiger partial charge in [0.1, 0.15) is 19.6 Å². The van der Waals surface area contributed by atoms with Gasteiger partial charge in [0.05, 0.1) is 19.6 Å². The number of imide groups is 1. The molecule has 0 aromatic rings. The molecule has 1 saturated heterocycles. The van der Waals surface area contributed by atoms with Gasteiger partial charge in [-0.3, -0.25) is 53.6 Å². The van der Waals surface area contributed by atoms with Crippen LogP contribution in [0.4, 0.5) is 4.79 Å². The number of hydrogen-bond donors (Lipinski definition) is 8. The van der Waals surface area contributed by atoms with E-state index in [0.717, 1.165) is 0 Å². The molecule has 0 bridgehead atoms. The van der Waals surface area contributed by atoms with Crippen molar-refractivity contribution in [3.8, 4) is 0 Å². The third-order valence-electron chi connectivity index (χ3n) is 6.24. The van der Waals surface area contributed by atoms with Gasteiger partial charge in [-0.25, -0.2) is 4.79 Å². The molecule has 45 heavy (non-hydrogen) atoms. The first-order valence-corrected chi connectivity index (χ1v) is 13.6. The Labute approximate surface area is 299 Å². The summed E-state index contributed by atoms with van der Waals surface area (Å²) in [6.07, 6.45) is -1.66. The van der Waals surface area contributed by atoms with E-state index in [1.807, 2.05) is 4.90 Å². The van der Waals surface area contributed by atoms with Gasteiger partial charge >= 0.3 is 73.4 Å². The number of nitrogens with one attached hydrogen (secondary N) is 4. The molecule has 0 aromatic heterocycles. The zero-order chi connectivity index (χ0) is 33.1. The monoisotopic (exact) mass is 785 g/mol. The molecule has 1 aliphatic heterocycles. The molecule has 1 aliphatic rings. The van der Waals surface area contributed by atoms with Crippen molar-refractivity contribution in [2.45, 2.75) is 6.42 Å². The molecule has 0 aromatic carbocycles. The normalized spacial score (nSPS) is 15.6. The third kappa shape index (κ3) is 22.4. The summed E-state index contributed by atoms with van der Waals surface area (Å²) in [5.74, 6) is -6.09. The summed E-state index contributed by atoms with van der Waals surface area (Å²) >= 11 is 0. The molecule has 0 aliphatic carbocycles. The first-order chi connectivity index (χ1) is 20.7. The molecule has 20 nitrogen and oxygen atoms in total. The molecule has 0 unspecified atom stereocenters. The SMILES string of the molecule is O=C(O)CNC(=O)CN1CCN(CCC(=O)NC(=O)O)CCN(CC(=O)NCC(=O)O)CCN(CC(=O)NCC(=O)O)CC1.[Eu+3]. The largest absolute Gasteiger partial charge is 3.00 e. The van der Waals surface area contributed by atoms with E-state index in [9.17, 15) is 38.4 Å². The van der Waals surface area contributed by atoms with Crippen LogP contribution in [0.2, 0.25) is 0 Å². The van der Waals surface area contributed by atoms with Gasteiger partial charge in [0.15, 0.2) is 0 Å². The topological polar surface area (TPSA) is 279 Å². The fraction of sp³-hybridized carbons (Fsp3) is 0.667. The molecule has 0 atom stereocenters. The zero-order valence-electron chi connectivity index (χ0n) is 24.5. The second kappa shape index (κ2) is 23.5. The molecular weight excluding hydrogens is 744 g/mol. The van der Waals surface area contributed by atoms with Crippen LogP contribution in [0, 0.1) is 49.4 Å². The average Bonchev–Trinajstić information content (AvgIpc) is 2.92. The van der Waals surface area contributed by atoms with Gasteiger partial charge in [0, 0.05) is 65.3 Å². The van der Waals surface area contributed by atoms with Crippen molar-refractivity contribution in [2.24, 2.45) is 0 Å². The van der Waals surface area contributed by atoms with E-state index >= 15 is 0 Å². The molecule has 8 N–H and O–H groups in total. The number of carboxylic acids is 3. The van der Waals surface area contributed by atoms with Crippen LogP contribution < -0.4 is 21.3 Å². The van der Waals surface area contributed by atoms with Crippen LogP contribution >= 0.6 is 0 Å². The van der Waals surface area contributed by atoms with Crippen LogP contribution in [0.5, 0.6) is 0 Å². The minimum atomic E-state index is -1.50. The maximum absolute atomic E-state index is 12.4. The molecular formula is C24H40EuN8O12+3. The van der Waals surface area contributed by atoms with Gasteiger partial charge in [-0.05, 0) is 0 Å². The van der Waals surface area contributed by atoms with E-state index < -0.39 is 67.3 Å². The van der Waals surface area contributed by atoms with E-state index in [0.29, 0.717) is 0 Å². The summed E-state index contributed by atoms with van der Waals surface area (Å²) in [6, 6.07) is 0. The summed E-state index contributed by atoms with van der Waals surface area (Å²) in [5.41, 5.74) is 0. The number of carbonyl (C=O) groups excluding carboxylic acids is 4. The molecule has 0 saturated carbocycles. The van der Waals surface area contributed by atoms with Crippen molar-refractivity contribution in [3.05, 3.63) is 0 Å². The van der Waals surface area contributed by atoms with Crippen molar-refractivity contribution in [2.75, 3.05) is 98.2 Å². The minimum absolute atomic E-state index is 0. The number of carbonyl (C=O) groups is 8. The van der Waals surface area contributed by atoms with Crippen molar-refractivity contribution in [3.63, 3.8) is 0 Å². The fourth-order valence-electron chi connectivity index (χ4n) is 4.02. The average molecular weight is 785 g/mol.